The molecule has 0 aliphatic carbocycles. The topological polar surface area (TPSA) is 27.7 Å². The van der Waals surface area contributed by atoms with E-state index in [0.29, 0.717) is 0 Å². The molecule has 1 atom stereocenters. The van der Waals surface area contributed by atoms with E-state index in [1.165, 1.54) is 0 Å². The van der Waals surface area contributed by atoms with Crippen LogP contribution in [-0.2, 0) is 0 Å². The highest BCUT2D eigenvalue weighted by molar-refractivity contribution is 9.10. The third kappa shape index (κ3) is 3.52. The SMILES string of the molecule is COc1ccc(OC)c(C(Br)c2cc(Br)ccc2OC)c1. The number of hydrogen-bond acceptors (Lipinski definition) is 3. The van der Waals surface area contributed by atoms with Crippen LogP contribution in [0.3, 0.4) is 0 Å². The fourth-order valence-electron chi connectivity index (χ4n) is 2.11. The Hall–Kier alpha value is -1.20. The maximum Gasteiger partial charge on any atom is 0.123 e. The molecular formula is C16H16Br2O3. The van der Waals surface area contributed by atoms with Crippen molar-refractivity contribution >= 4 is 31.9 Å². The van der Waals surface area contributed by atoms with Gasteiger partial charge in [-0.25, -0.2) is 0 Å². The van der Waals surface area contributed by atoms with E-state index in [0.717, 1.165) is 32.8 Å². The van der Waals surface area contributed by atoms with Gasteiger partial charge >= 0.3 is 0 Å². The van der Waals surface area contributed by atoms with Gasteiger partial charge in [-0.15, -0.1) is 0 Å². The van der Waals surface area contributed by atoms with Crippen LogP contribution in [0.4, 0.5) is 0 Å². The van der Waals surface area contributed by atoms with Crippen LogP contribution in [0.5, 0.6) is 17.2 Å². The summed E-state index contributed by atoms with van der Waals surface area (Å²) in [4.78, 5) is -0.0741. The van der Waals surface area contributed by atoms with Gasteiger partial charge in [-0.1, -0.05) is 31.9 Å². The van der Waals surface area contributed by atoms with E-state index in [-0.39, 0.29) is 4.83 Å². The molecule has 0 saturated carbocycles. The molecule has 0 aromatic heterocycles. The lowest BCUT2D eigenvalue weighted by molar-refractivity contribution is 0.397. The van der Waals surface area contributed by atoms with E-state index in [4.69, 9.17) is 14.2 Å². The summed E-state index contributed by atoms with van der Waals surface area (Å²) in [6, 6.07) is 11.6. The van der Waals surface area contributed by atoms with Crippen molar-refractivity contribution in [1.82, 2.24) is 0 Å². The summed E-state index contributed by atoms with van der Waals surface area (Å²) < 4.78 is 17.2. The average Bonchev–Trinajstić information content (AvgIpc) is 2.53. The Morgan fingerprint density at radius 3 is 1.95 bits per heavy atom. The highest BCUT2D eigenvalue weighted by Crippen LogP contribution is 2.42. The molecule has 0 radical (unpaired) electrons. The predicted molar refractivity (Wildman–Crippen MR) is 91.0 cm³/mol. The van der Waals surface area contributed by atoms with E-state index in [1.54, 1.807) is 21.3 Å². The molecule has 0 bridgehead atoms. The van der Waals surface area contributed by atoms with Crippen molar-refractivity contribution in [3.8, 4) is 17.2 Å². The first-order valence-corrected chi connectivity index (χ1v) is 8.01. The number of methoxy groups -OCH3 is 3. The quantitative estimate of drug-likeness (QED) is 0.646. The molecule has 0 spiro atoms. The first-order valence-electron chi connectivity index (χ1n) is 6.30. The summed E-state index contributed by atoms with van der Waals surface area (Å²) >= 11 is 7.24. The first kappa shape index (κ1) is 16.2. The number of hydrogen-bond donors (Lipinski definition) is 0. The zero-order valence-electron chi connectivity index (χ0n) is 12.0. The van der Waals surface area contributed by atoms with Gasteiger partial charge in [-0.05, 0) is 36.4 Å². The Kier molecular flexibility index (Phi) is 5.53. The molecule has 0 aliphatic heterocycles. The molecule has 2 rings (SSSR count). The minimum atomic E-state index is -0.0741. The number of benzene rings is 2. The molecule has 0 saturated heterocycles. The molecule has 0 amide bonds. The maximum absolute atomic E-state index is 5.45. The molecule has 112 valence electrons. The zero-order valence-corrected chi connectivity index (χ0v) is 15.2. The third-order valence-corrected chi connectivity index (χ3v) is 4.65. The monoisotopic (exact) mass is 414 g/mol. The second-order valence-electron chi connectivity index (χ2n) is 4.36. The lowest BCUT2D eigenvalue weighted by atomic mass is 10.0. The highest BCUT2D eigenvalue weighted by Gasteiger charge is 2.20. The summed E-state index contributed by atoms with van der Waals surface area (Å²) in [6.45, 7) is 0. The van der Waals surface area contributed by atoms with Crippen LogP contribution in [0.2, 0.25) is 0 Å². The summed E-state index contributed by atoms with van der Waals surface area (Å²) in [5, 5.41) is 0. The largest absolute Gasteiger partial charge is 0.497 e. The molecule has 0 fully saturated rings. The summed E-state index contributed by atoms with van der Waals surface area (Å²) in [6.07, 6.45) is 0. The molecule has 1 unspecified atom stereocenters. The molecular weight excluding hydrogens is 400 g/mol. The van der Waals surface area contributed by atoms with E-state index < -0.39 is 0 Å². The number of ether oxygens (including phenoxy) is 3. The van der Waals surface area contributed by atoms with Crippen molar-refractivity contribution in [2.24, 2.45) is 0 Å². The average molecular weight is 416 g/mol. The fraction of sp³-hybridized carbons (Fsp3) is 0.250. The van der Waals surface area contributed by atoms with Crippen molar-refractivity contribution < 1.29 is 14.2 Å². The van der Waals surface area contributed by atoms with Crippen LogP contribution in [0.25, 0.3) is 0 Å². The van der Waals surface area contributed by atoms with Gasteiger partial charge in [0.05, 0.1) is 26.2 Å². The molecule has 2 aromatic rings. The normalized spacial score (nSPS) is 11.9. The third-order valence-electron chi connectivity index (χ3n) is 3.17. The van der Waals surface area contributed by atoms with E-state index >= 15 is 0 Å². The molecule has 3 nitrogen and oxygen atoms in total. The Balaban J connectivity index is 2.53. The second kappa shape index (κ2) is 7.18. The number of alkyl halides is 1. The van der Waals surface area contributed by atoms with Gasteiger partial charge in [0.2, 0.25) is 0 Å². The summed E-state index contributed by atoms with van der Waals surface area (Å²) in [7, 11) is 4.97. The second-order valence-corrected chi connectivity index (χ2v) is 6.19. The van der Waals surface area contributed by atoms with Crippen LogP contribution < -0.4 is 14.2 Å². The van der Waals surface area contributed by atoms with Crippen molar-refractivity contribution in [2.45, 2.75) is 4.83 Å². The molecule has 0 heterocycles. The van der Waals surface area contributed by atoms with Crippen LogP contribution >= 0.6 is 31.9 Å². The zero-order chi connectivity index (χ0) is 15.4. The van der Waals surface area contributed by atoms with Crippen LogP contribution in [0, 0.1) is 0 Å². The van der Waals surface area contributed by atoms with Crippen LogP contribution in [0.1, 0.15) is 16.0 Å². The minimum absolute atomic E-state index is 0.0741. The predicted octanol–water partition coefficient (Wildman–Crippen LogP) is 4.96. The van der Waals surface area contributed by atoms with Crippen LogP contribution in [-0.4, -0.2) is 21.3 Å². The van der Waals surface area contributed by atoms with Crippen LogP contribution in [0.15, 0.2) is 40.9 Å². The molecule has 2 aromatic carbocycles. The van der Waals surface area contributed by atoms with E-state index in [9.17, 15) is 0 Å². The van der Waals surface area contributed by atoms with Gasteiger partial charge in [-0.2, -0.15) is 0 Å². The Labute approximate surface area is 141 Å². The molecule has 5 heteroatoms. The van der Waals surface area contributed by atoms with Gasteiger partial charge in [0.1, 0.15) is 17.2 Å². The highest BCUT2D eigenvalue weighted by atomic mass is 79.9. The van der Waals surface area contributed by atoms with Gasteiger partial charge in [0.25, 0.3) is 0 Å². The van der Waals surface area contributed by atoms with Gasteiger partial charge < -0.3 is 14.2 Å². The summed E-state index contributed by atoms with van der Waals surface area (Å²) in [5.41, 5.74) is 1.99. The summed E-state index contributed by atoms with van der Waals surface area (Å²) in [5.74, 6) is 2.38. The molecule has 0 N–H and O–H groups in total. The Bertz CT molecular complexity index is 629. The van der Waals surface area contributed by atoms with Crippen molar-refractivity contribution in [1.29, 1.82) is 0 Å². The van der Waals surface area contributed by atoms with E-state index in [1.807, 2.05) is 36.4 Å². The Morgan fingerprint density at radius 2 is 1.38 bits per heavy atom. The molecule has 21 heavy (non-hydrogen) atoms. The Morgan fingerprint density at radius 1 is 0.810 bits per heavy atom. The fourth-order valence-corrected chi connectivity index (χ4v) is 3.20. The molecule has 0 aliphatic rings. The number of halogens is 2. The number of rotatable bonds is 5. The van der Waals surface area contributed by atoms with Gasteiger partial charge in [-0.3, -0.25) is 0 Å². The van der Waals surface area contributed by atoms with Crippen molar-refractivity contribution in [3.63, 3.8) is 0 Å². The smallest absolute Gasteiger partial charge is 0.123 e. The maximum atomic E-state index is 5.45. The lowest BCUT2D eigenvalue weighted by Crippen LogP contribution is -2.00. The lowest BCUT2D eigenvalue weighted by Gasteiger charge is -2.18. The minimum Gasteiger partial charge on any atom is -0.497 e. The van der Waals surface area contributed by atoms with Crippen molar-refractivity contribution in [2.75, 3.05) is 21.3 Å². The van der Waals surface area contributed by atoms with Crippen molar-refractivity contribution in [3.05, 3.63) is 52.0 Å². The standard InChI is InChI=1S/C16H16Br2O3/c1-19-11-5-7-15(21-3)13(9-11)16(18)12-8-10(17)4-6-14(12)20-2/h4-9,16H,1-3H3. The van der Waals surface area contributed by atoms with E-state index in [2.05, 4.69) is 31.9 Å². The van der Waals surface area contributed by atoms with Gasteiger partial charge in [0, 0.05) is 15.6 Å². The first-order chi connectivity index (χ1) is 10.1. The van der Waals surface area contributed by atoms with Gasteiger partial charge in [0.15, 0.2) is 0 Å².